The third-order valence-electron chi connectivity index (χ3n) is 5.98. The fraction of sp³-hybridized carbons (Fsp3) is 0.409. The minimum Gasteiger partial charge on any atom is -0.493 e. The summed E-state index contributed by atoms with van der Waals surface area (Å²) >= 11 is 0. The van der Waals surface area contributed by atoms with Crippen LogP contribution in [0, 0.1) is 0 Å². The van der Waals surface area contributed by atoms with E-state index in [1.165, 1.54) is 19.4 Å². The fourth-order valence-corrected chi connectivity index (χ4v) is 4.41. The average Bonchev–Trinajstić information content (AvgIpc) is 3.48. The minimum absolute atomic E-state index is 0.425. The van der Waals surface area contributed by atoms with Crippen LogP contribution in [0.1, 0.15) is 12.8 Å². The van der Waals surface area contributed by atoms with Gasteiger partial charge in [0.2, 0.25) is 5.82 Å². The van der Waals surface area contributed by atoms with Gasteiger partial charge < -0.3 is 18.9 Å². The molecule has 2 saturated heterocycles. The first-order chi connectivity index (χ1) is 14.8. The van der Waals surface area contributed by atoms with Gasteiger partial charge in [-0.15, -0.1) is 0 Å². The van der Waals surface area contributed by atoms with E-state index in [0.717, 1.165) is 31.0 Å². The molecule has 0 radical (unpaired) electrons. The summed E-state index contributed by atoms with van der Waals surface area (Å²) in [7, 11) is 3.19. The van der Waals surface area contributed by atoms with Crippen LogP contribution >= 0.6 is 0 Å². The van der Waals surface area contributed by atoms with E-state index in [9.17, 15) is 0 Å². The standard InChI is InChI=1S/C22H25N5O3/c1-28-18-7-3-6-17(20(18)29-2)21-24-22(30-25-21)15-8-9-19(23-13-15)27-12-11-26-10-4-5-16(26)14-27/h3,6-9,13,16H,4-5,10-12,14H2,1-2H3. The second kappa shape index (κ2) is 7.95. The van der Waals surface area contributed by atoms with E-state index >= 15 is 0 Å². The smallest absolute Gasteiger partial charge is 0.259 e. The molecule has 0 bridgehead atoms. The van der Waals surface area contributed by atoms with Crippen LogP contribution in [0.3, 0.4) is 0 Å². The van der Waals surface area contributed by atoms with E-state index in [-0.39, 0.29) is 0 Å². The fourth-order valence-electron chi connectivity index (χ4n) is 4.41. The number of pyridine rings is 1. The largest absolute Gasteiger partial charge is 0.493 e. The molecule has 2 aliphatic heterocycles. The molecule has 5 rings (SSSR count). The van der Waals surface area contributed by atoms with Gasteiger partial charge in [0.15, 0.2) is 11.5 Å². The maximum atomic E-state index is 5.50. The molecule has 2 aromatic heterocycles. The molecule has 2 fully saturated rings. The average molecular weight is 407 g/mol. The van der Waals surface area contributed by atoms with E-state index < -0.39 is 0 Å². The summed E-state index contributed by atoms with van der Waals surface area (Å²) in [4.78, 5) is 14.2. The Hall–Kier alpha value is -3.13. The van der Waals surface area contributed by atoms with Crippen molar-refractivity contribution in [2.75, 3.05) is 45.3 Å². The van der Waals surface area contributed by atoms with Gasteiger partial charge in [0.25, 0.3) is 5.89 Å². The normalized spacial score (nSPS) is 19.0. The number of hydrogen-bond acceptors (Lipinski definition) is 8. The Balaban J connectivity index is 1.36. The summed E-state index contributed by atoms with van der Waals surface area (Å²) in [6.07, 6.45) is 4.39. The lowest BCUT2D eigenvalue weighted by atomic mass is 10.1. The zero-order valence-corrected chi connectivity index (χ0v) is 17.2. The van der Waals surface area contributed by atoms with Gasteiger partial charge in [-0.2, -0.15) is 4.98 Å². The molecule has 8 heteroatoms. The van der Waals surface area contributed by atoms with Crippen molar-refractivity contribution in [1.82, 2.24) is 20.0 Å². The molecule has 2 aliphatic rings. The van der Waals surface area contributed by atoms with Crippen LogP contribution in [0.25, 0.3) is 22.8 Å². The van der Waals surface area contributed by atoms with Gasteiger partial charge in [0.05, 0.1) is 25.3 Å². The first-order valence-electron chi connectivity index (χ1n) is 10.3. The summed E-state index contributed by atoms with van der Waals surface area (Å²) in [5, 5.41) is 4.13. The van der Waals surface area contributed by atoms with Crippen molar-refractivity contribution in [3.05, 3.63) is 36.5 Å². The highest BCUT2D eigenvalue weighted by Crippen LogP contribution is 2.37. The third-order valence-corrected chi connectivity index (χ3v) is 5.98. The number of aromatic nitrogens is 3. The van der Waals surface area contributed by atoms with Gasteiger partial charge >= 0.3 is 0 Å². The molecule has 3 aromatic rings. The van der Waals surface area contributed by atoms with E-state index in [1.54, 1.807) is 20.4 Å². The van der Waals surface area contributed by atoms with Gasteiger partial charge in [0, 0.05) is 31.9 Å². The number of piperazine rings is 1. The number of ether oxygens (including phenoxy) is 2. The van der Waals surface area contributed by atoms with E-state index in [1.807, 2.05) is 30.3 Å². The Bertz CT molecular complexity index is 1020. The van der Waals surface area contributed by atoms with Crippen LogP contribution in [-0.4, -0.2) is 66.5 Å². The molecule has 1 aromatic carbocycles. The summed E-state index contributed by atoms with van der Waals surface area (Å²) in [5.74, 6) is 3.07. The molecule has 4 heterocycles. The lowest BCUT2D eigenvalue weighted by molar-refractivity contribution is 0.230. The van der Waals surface area contributed by atoms with Crippen LogP contribution in [0.2, 0.25) is 0 Å². The number of benzene rings is 1. The topological polar surface area (TPSA) is 76.8 Å². The number of anilines is 1. The first kappa shape index (κ1) is 18.9. The molecule has 0 spiro atoms. The zero-order valence-electron chi connectivity index (χ0n) is 17.2. The predicted octanol–water partition coefficient (Wildman–Crippen LogP) is 3.10. The van der Waals surface area contributed by atoms with Gasteiger partial charge in [-0.3, -0.25) is 4.90 Å². The van der Waals surface area contributed by atoms with Crippen molar-refractivity contribution in [2.45, 2.75) is 18.9 Å². The molecule has 30 heavy (non-hydrogen) atoms. The second-order valence-electron chi connectivity index (χ2n) is 7.65. The maximum Gasteiger partial charge on any atom is 0.259 e. The summed E-state index contributed by atoms with van der Waals surface area (Å²) in [6.45, 7) is 4.42. The van der Waals surface area contributed by atoms with Crippen LogP contribution in [0.4, 0.5) is 5.82 Å². The van der Waals surface area contributed by atoms with E-state index in [2.05, 4.69) is 24.9 Å². The number of methoxy groups -OCH3 is 2. The molecule has 0 amide bonds. The number of fused-ring (bicyclic) bond motifs is 1. The van der Waals surface area contributed by atoms with Crippen molar-refractivity contribution < 1.29 is 14.0 Å². The lowest BCUT2D eigenvalue weighted by Crippen LogP contribution is -2.50. The highest BCUT2D eigenvalue weighted by molar-refractivity contribution is 5.69. The summed E-state index contributed by atoms with van der Waals surface area (Å²) < 4.78 is 16.3. The molecule has 1 unspecified atom stereocenters. The Labute approximate surface area is 175 Å². The molecular weight excluding hydrogens is 382 g/mol. The molecule has 0 N–H and O–H groups in total. The quantitative estimate of drug-likeness (QED) is 0.639. The molecule has 0 saturated carbocycles. The van der Waals surface area contributed by atoms with Crippen LogP contribution in [-0.2, 0) is 0 Å². The number of hydrogen-bond donors (Lipinski definition) is 0. The minimum atomic E-state index is 0.425. The summed E-state index contributed by atoms with van der Waals surface area (Å²) in [6, 6.07) is 10.3. The van der Waals surface area contributed by atoms with Crippen molar-refractivity contribution >= 4 is 5.82 Å². The number of para-hydroxylation sites is 1. The van der Waals surface area contributed by atoms with Crippen molar-refractivity contribution in [2.24, 2.45) is 0 Å². The molecule has 8 nitrogen and oxygen atoms in total. The van der Waals surface area contributed by atoms with Crippen molar-refractivity contribution in [1.29, 1.82) is 0 Å². The third kappa shape index (κ3) is 3.37. The Kier molecular flexibility index (Phi) is 5.00. The molecule has 1 atom stereocenters. The Morgan fingerprint density at radius 3 is 2.80 bits per heavy atom. The second-order valence-corrected chi connectivity index (χ2v) is 7.65. The van der Waals surface area contributed by atoms with Crippen molar-refractivity contribution in [3.8, 4) is 34.3 Å². The molecule has 0 aliphatic carbocycles. The monoisotopic (exact) mass is 407 g/mol. The Morgan fingerprint density at radius 1 is 1.07 bits per heavy atom. The highest BCUT2D eigenvalue weighted by Gasteiger charge is 2.31. The highest BCUT2D eigenvalue weighted by atomic mass is 16.5. The Morgan fingerprint density at radius 2 is 2.00 bits per heavy atom. The van der Waals surface area contributed by atoms with Crippen molar-refractivity contribution in [3.63, 3.8) is 0 Å². The molecule has 156 valence electrons. The lowest BCUT2D eigenvalue weighted by Gasteiger charge is -2.38. The van der Waals surface area contributed by atoms with E-state index in [4.69, 9.17) is 14.0 Å². The van der Waals surface area contributed by atoms with Crippen LogP contribution in [0.5, 0.6) is 11.5 Å². The first-order valence-corrected chi connectivity index (χ1v) is 10.3. The SMILES string of the molecule is COc1cccc(-c2noc(-c3ccc(N4CCN5CCCC5C4)nc3)n2)c1OC. The van der Waals surface area contributed by atoms with Gasteiger partial charge in [-0.25, -0.2) is 4.98 Å². The zero-order chi connectivity index (χ0) is 20.5. The van der Waals surface area contributed by atoms with Crippen LogP contribution < -0.4 is 14.4 Å². The summed E-state index contributed by atoms with van der Waals surface area (Å²) in [5.41, 5.74) is 1.50. The van der Waals surface area contributed by atoms with E-state index in [0.29, 0.717) is 34.8 Å². The molecular formula is C22H25N5O3. The van der Waals surface area contributed by atoms with Gasteiger partial charge in [0.1, 0.15) is 5.82 Å². The predicted molar refractivity (Wildman–Crippen MR) is 113 cm³/mol. The number of rotatable bonds is 5. The van der Waals surface area contributed by atoms with Crippen LogP contribution in [0.15, 0.2) is 41.1 Å². The maximum absolute atomic E-state index is 5.50. The van der Waals surface area contributed by atoms with Gasteiger partial charge in [-0.05, 0) is 43.7 Å². The van der Waals surface area contributed by atoms with Gasteiger partial charge in [-0.1, -0.05) is 11.2 Å². The number of nitrogens with zero attached hydrogens (tertiary/aromatic N) is 5.